The Bertz CT molecular complexity index is 1020. The number of carbonyl (C=O) groups excluding carboxylic acids is 2. The van der Waals surface area contributed by atoms with E-state index in [1.54, 1.807) is 6.08 Å². The average molecular weight is 359 g/mol. The Hall–Kier alpha value is -3.40. The smallest absolute Gasteiger partial charge is 0.331 e. The molecule has 0 atom stereocenters. The van der Waals surface area contributed by atoms with E-state index in [-0.39, 0.29) is 12.5 Å². The summed E-state index contributed by atoms with van der Waals surface area (Å²) in [4.78, 5) is 24.0. The molecular weight excluding hydrogens is 338 g/mol. The number of ether oxygens (including phenoxy) is 1. The third kappa shape index (κ3) is 4.82. The Morgan fingerprint density at radius 3 is 2.63 bits per heavy atom. The summed E-state index contributed by atoms with van der Waals surface area (Å²) < 4.78 is 5.04. The highest BCUT2D eigenvalue weighted by Crippen LogP contribution is 2.19. The second kappa shape index (κ2) is 8.32. The number of esters is 1. The Morgan fingerprint density at radius 1 is 1.00 bits per heavy atom. The minimum absolute atomic E-state index is 0.327. The fourth-order valence-corrected chi connectivity index (χ4v) is 2.80. The van der Waals surface area contributed by atoms with Crippen LogP contribution in [0.25, 0.3) is 16.8 Å². The molecule has 0 saturated heterocycles. The first-order valence-corrected chi connectivity index (χ1v) is 8.72. The molecular formula is C23H21NO3. The van der Waals surface area contributed by atoms with Gasteiger partial charge >= 0.3 is 5.97 Å². The van der Waals surface area contributed by atoms with E-state index in [1.165, 1.54) is 6.08 Å². The molecule has 0 aromatic heterocycles. The van der Waals surface area contributed by atoms with E-state index in [0.717, 1.165) is 33.2 Å². The van der Waals surface area contributed by atoms with Gasteiger partial charge in [0.15, 0.2) is 6.61 Å². The zero-order chi connectivity index (χ0) is 19.2. The number of anilines is 1. The molecule has 0 bridgehead atoms. The number of benzene rings is 3. The molecule has 1 N–H and O–H groups in total. The van der Waals surface area contributed by atoms with Gasteiger partial charge in [-0.1, -0.05) is 54.6 Å². The van der Waals surface area contributed by atoms with Gasteiger partial charge < -0.3 is 10.1 Å². The Balaban J connectivity index is 1.58. The van der Waals surface area contributed by atoms with Gasteiger partial charge in [-0.2, -0.15) is 0 Å². The summed E-state index contributed by atoms with van der Waals surface area (Å²) >= 11 is 0. The van der Waals surface area contributed by atoms with E-state index >= 15 is 0 Å². The molecule has 0 aliphatic rings. The SMILES string of the molecule is Cc1ccc(C)c(NC(=O)COC(=O)C=Cc2cccc3ccccc23)c1. The highest BCUT2D eigenvalue weighted by molar-refractivity contribution is 5.97. The number of rotatable bonds is 5. The number of nitrogens with one attached hydrogen (secondary N) is 1. The molecule has 0 heterocycles. The van der Waals surface area contributed by atoms with Gasteiger partial charge in [0.1, 0.15) is 0 Å². The van der Waals surface area contributed by atoms with Crippen LogP contribution < -0.4 is 5.32 Å². The van der Waals surface area contributed by atoms with Gasteiger partial charge in [0.25, 0.3) is 5.91 Å². The van der Waals surface area contributed by atoms with Crippen molar-refractivity contribution in [3.8, 4) is 0 Å². The predicted octanol–water partition coefficient (Wildman–Crippen LogP) is 4.65. The first-order valence-electron chi connectivity index (χ1n) is 8.72. The summed E-state index contributed by atoms with van der Waals surface area (Å²) in [5, 5.41) is 4.91. The van der Waals surface area contributed by atoms with Crippen LogP contribution in [0.15, 0.2) is 66.7 Å². The topological polar surface area (TPSA) is 55.4 Å². The molecule has 27 heavy (non-hydrogen) atoms. The summed E-state index contributed by atoms with van der Waals surface area (Å²) in [6.07, 6.45) is 3.04. The monoisotopic (exact) mass is 359 g/mol. The van der Waals surface area contributed by atoms with Crippen LogP contribution in [0.3, 0.4) is 0 Å². The van der Waals surface area contributed by atoms with Crippen molar-refractivity contribution in [1.82, 2.24) is 0 Å². The van der Waals surface area contributed by atoms with Gasteiger partial charge in [0.2, 0.25) is 0 Å². The van der Waals surface area contributed by atoms with Crippen molar-refractivity contribution in [3.05, 3.63) is 83.4 Å². The molecule has 0 fully saturated rings. The lowest BCUT2D eigenvalue weighted by Gasteiger charge is -2.09. The van der Waals surface area contributed by atoms with Gasteiger partial charge in [-0.25, -0.2) is 4.79 Å². The molecule has 0 saturated carbocycles. The van der Waals surface area contributed by atoms with Crippen molar-refractivity contribution >= 4 is 34.4 Å². The van der Waals surface area contributed by atoms with E-state index in [0.29, 0.717) is 0 Å². The summed E-state index contributed by atoms with van der Waals surface area (Å²) in [5.41, 5.74) is 3.65. The second-order valence-electron chi connectivity index (χ2n) is 6.38. The van der Waals surface area contributed by atoms with Crippen LogP contribution in [0.1, 0.15) is 16.7 Å². The van der Waals surface area contributed by atoms with E-state index in [4.69, 9.17) is 4.74 Å². The number of hydrogen-bond acceptors (Lipinski definition) is 3. The van der Waals surface area contributed by atoms with E-state index in [1.807, 2.05) is 74.5 Å². The summed E-state index contributed by atoms with van der Waals surface area (Å²) in [5.74, 6) is -0.922. The van der Waals surface area contributed by atoms with Crippen molar-refractivity contribution in [1.29, 1.82) is 0 Å². The largest absolute Gasteiger partial charge is 0.452 e. The minimum atomic E-state index is -0.556. The quantitative estimate of drug-likeness (QED) is 0.533. The van der Waals surface area contributed by atoms with Gasteiger partial charge in [-0.3, -0.25) is 4.79 Å². The molecule has 4 nitrogen and oxygen atoms in total. The molecule has 0 aliphatic heterocycles. The first kappa shape index (κ1) is 18.4. The molecule has 0 unspecified atom stereocenters. The number of fused-ring (bicyclic) bond motifs is 1. The number of aryl methyl sites for hydroxylation is 2. The molecule has 3 aromatic carbocycles. The summed E-state index contributed by atoms with van der Waals surface area (Å²) in [6.45, 7) is 3.53. The summed E-state index contributed by atoms with van der Waals surface area (Å²) in [6, 6.07) is 19.6. The fraction of sp³-hybridized carbons (Fsp3) is 0.130. The van der Waals surface area contributed by atoms with E-state index in [9.17, 15) is 9.59 Å². The van der Waals surface area contributed by atoms with Gasteiger partial charge in [-0.15, -0.1) is 0 Å². The lowest BCUT2D eigenvalue weighted by molar-refractivity contribution is -0.142. The Labute approximate surface area is 158 Å². The average Bonchev–Trinajstić information content (AvgIpc) is 2.67. The Kier molecular flexibility index (Phi) is 5.67. The van der Waals surface area contributed by atoms with E-state index < -0.39 is 5.97 Å². The van der Waals surface area contributed by atoms with Crippen LogP contribution in [-0.2, 0) is 14.3 Å². The van der Waals surface area contributed by atoms with Crippen molar-refractivity contribution < 1.29 is 14.3 Å². The minimum Gasteiger partial charge on any atom is -0.452 e. The van der Waals surface area contributed by atoms with Crippen LogP contribution >= 0.6 is 0 Å². The van der Waals surface area contributed by atoms with Crippen molar-refractivity contribution in [2.45, 2.75) is 13.8 Å². The number of hydrogen-bond donors (Lipinski definition) is 1. The lowest BCUT2D eigenvalue weighted by Crippen LogP contribution is -2.20. The highest BCUT2D eigenvalue weighted by atomic mass is 16.5. The van der Waals surface area contributed by atoms with Gasteiger partial charge in [-0.05, 0) is 53.5 Å². The summed E-state index contributed by atoms with van der Waals surface area (Å²) in [7, 11) is 0. The molecule has 0 spiro atoms. The van der Waals surface area contributed by atoms with Gasteiger partial charge in [0, 0.05) is 11.8 Å². The third-order valence-electron chi connectivity index (χ3n) is 4.24. The molecule has 4 heteroatoms. The van der Waals surface area contributed by atoms with Crippen LogP contribution in [0.5, 0.6) is 0 Å². The molecule has 3 rings (SSSR count). The normalized spacial score (nSPS) is 10.9. The second-order valence-corrected chi connectivity index (χ2v) is 6.38. The molecule has 0 radical (unpaired) electrons. The van der Waals surface area contributed by atoms with Crippen LogP contribution in [0.2, 0.25) is 0 Å². The molecule has 3 aromatic rings. The van der Waals surface area contributed by atoms with Crippen molar-refractivity contribution in [2.75, 3.05) is 11.9 Å². The van der Waals surface area contributed by atoms with Crippen molar-refractivity contribution in [2.24, 2.45) is 0 Å². The fourth-order valence-electron chi connectivity index (χ4n) is 2.80. The number of carbonyl (C=O) groups is 2. The highest BCUT2D eigenvalue weighted by Gasteiger charge is 2.08. The zero-order valence-corrected chi connectivity index (χ0v) is 15.4. The van der Waals surface area contributed by atoms with Crippen LogP contribution in [0.4, 0.5) is 5.69 Å². The lowest BCUT2D eigenvalue weighted by atomic mass is 10.0. The standard InChI is InChI=1S/C23H21NO3/c1-16-10-11-17(2)21(14-16)24-22(25)15-27-23(26)13-12-19-8-5-7-18-6-3-4-9-20(18)19/h3-14H,15H2,1-2H3,(H,24,25). The molecule has 1 amide bonds. The molecule has 136 valence electrons. The van der Waals surface area contributed by atoms with E-state index in [2.05, 4.69) is 5.32 Å². The zero-order valence-electron chi connectivity index (χ0n) is 15.4. The maximum Gasteiger partial charge on any atom is 0.331 e. The number of amides is 1. The van der Waals surface area contributed by atoms with Crippen molar-refractivity contribution in [3.63, 3.8) is 0 Å². The molecule has 0 aliphatic carbocycles. The first-order chi connectivity index (χ1) is 13.0. The Morgan fingerprint density at radius 2 is 1.78 bits per heavy atom. The predicted molar refractivity (Wildman–Crippen MR) is 108 cm³/mol. The maximum absolute atomic E-state index is 12.0. The van der Waals surface area contributed by atoms with Crippen LogP contribution in [-0.4, -0.2) is 18.5 Å². The third-order valence-corrected chi connectivity index (χ3v) is 4.24. The van der Waals surface area contributed by atoms with Gasteiger partial charge in [0.05, 0.1) is 0 Å². The van der Waals surface area contributed by atoms with Crippen LogP contribution in [0, 0.1) is 13.8 Å². The maximum atomic E-state index is 12.0.